The van der Waals surface area contributed by atoms with Crippen molar-refractivity contribution in [2.75, 3.05) is 18.2 Å². The van der Waals surface area contributed by atoms with Crippen LogP contribution in [0.1, 0.15) is 17.3 Å². The van der Waals surface area contributed by atoms with Gasteiger partial charge in [0.15, 0.2) is 9.84 Å². The lowest BCUT2D eigenvalue weighted by Gasteiger charge is -2.10. The molecule has 0 saturated heterocycles. The van der Waals surface area contributed by atoms with Gasteiger partial charge in [0.1, 0.15) is 5.75 Å². The molecule has 0 aliphatic rings. The van der Waals surface area contributed by atoms with Crippen molar-refractivity contribution in [2.24, 2.45) is 0 Å². The average Bonchev–Trinajstić information content (AvgIpc) is 2.47. The Morgan fingerprint density at radius 3 is 2.55 bits per heavy atom. The molecule has 0 saturated carbocycles. The predicted octanol–water partition coefficient (Wildman–Crippen LogP) is 2.74. The van der Waals surface area contributed by atoms with Gasteiger partial charge in [-0.2, -0.15) is 0 Å². The summed E-state index contributed by atoms with van der Waals surface area (Å²) in [6.07, 6.45) is 1.08. The van der Waals surface area contributed by atoms with Gasteiger partial charge in [-0.3, -0.25) is 4.79 Å². The molecular weight excluding hydrogens is 302 g/mol. The van der Waals surface area contributed by atoms with Gasteiger partial charge in [0, 0.05) is 18.0 Å². The molecule has 0 aromatic heterocycles. The van der Waals surface area contributed by atoms with E-state index in [9.17, 15) is 13.2 Å². The van der Waals surface area contributed by atoms with Gasteiger partial charge >= 0.3 is 0 Å². The summed E-state index contributed by atoms with van der Waals surface area (Å²) in [6.45, 7) is 2.39. The molecule has 2 aromatic carbocycles. The topological polar surface area (TPSA) is 72.5 Å². The van der Waals surface area contributed by atoms with E-state index in [2.05, 4.69) is 5.32 Å². The number of rotatable bonds is 5. The molecule has 0 heterocycles. The lowest BCUT2D eigenvalue weighted by molar-refractivity contribution is 0.102. The molecule has 0 fully saturated rings. The molecular formula is C16H17NO4S. The highest BCUT2D eigenvalue weighted by atomic mass is 32.2. The van der Waals surface area contributed by atoms with E-state index in [0.717, 1.165) is 6.26 Å². The zero-order valence-corrected chi connectivity index (χ0v) is 13.2. The standard InChI is InChI=1S/C16H17NO4S/c1-3-21-13-8-6-7-12(11-13)17-16(18)14-9-4-5-10-15(14)22(2,19)20/h4-11H,3H2,1-2H3,(H,17,18). The highest BCUT2D eigenvalue weighted by Gasteiger charge is 2.18. The molecule has 1 amide bonds. The van der Waals surface area contributed by atoms with Crippen LogP contribution >= 0.6 is 0 Å². The van der Waals surface area contributed by atoms with Gasteiger partial charge in [-0.25, -0.2) is 8.42 Å². The first-order chi connectivity index (χ1) is 10.4. The van der Waals surface area contributed by atoms with E-state index in [1.165, 1.54) is 12.1 Å². The molecule has 0 bridgehead atoms. The fourth-order valence-corrected chi connectivity index (χ4v) is 2.89. The van der Waals surface area contributed by atoms with Crippen molar-refractivity contribution in [2.45, 2.75) is 11.8 Å². The van der Waals surface area contributed by atoms with Crippen LogP contribution in [0.5, 0.6) is 5.75 Å². The Hall–Kier alpha value is -2.34. The fraction of sp³-hybridized carbons (Fsp3) is 0.188. The first-order valence-electron chi connectivity index (χ1n) is 6.75. The molecule has 2 rings (SSSR count). The van der Waals surface area contributed by atoms with Crippen LogP contribution in [0.25, 0.3) is 0 Å². The molecule has 5 nitrogen and oxygen atoms in total. The summed E-state index contributed by atoms with van der Waals surface area (Å²) in [6, 6.07) is 13.0. The van der Waals surface area contributed by atoms with Crippen LogP contribution in [-0.4, -0.2) is 27.2 Å². The Kier molecular flexibility index (Phi) is 4.82. The van der Waals surface area contributed by atoms with E-state index in [1.54, 1.807) is 36.4 Å². The minimum atomic E-state index is -3.47. The molecule has 116 valence electrons. The van der Waals surface area contributed by atoms with Gasteiger partial charge < -0.3 is 10.1 Å². The minimum Gasteiger partial charge on any atom is -0.494 e. The van der Waals surface area contributed by atoms with E-state index in [1.807, 2.05) is 6.92 Å². The minimum absolute atomic E-state index is 0.00784. The number of anilines is 1. The summed E-state index contributed by atoms with van der Waals surface area (Å²) in [4.78, 5) is 12.3. The number of hydrogen-bond donors (Lipinski definition) is 1. The van der Waals surface area contributed by atoms with E-state index in [0.29, 0.717) is 18.0 Å². The van der Waals surface area contributed by atoms with Crippen molar-refractivity contribution >= 4 is 21.4 Å². The molecule has 6 heteroatoms. The SMILES string of the molecule is CCOc1cccc(NC(=O)c2ccccc2S(C)(=O)=O)c1. The summed E-state index contributed by atoms with van der Waals surface area (Å²) in [5.41, 5.74) is 0.658. The predicted molar refractivity (Wildman–Crippen MR) is 85.1 cm³/mol. The highest BCUT2D eigenvalue weighted by Crippen LogP contribution is 2.20. The van der Waals surface area contributed by atoms with Crippen molar-refractivity contribution in [1.82, 2.24) is 0 Å². The third kappa shape index (κ3) is 3.85. The lowest BCUT2D eigenvalue weighted by atomic mass is 10.2. The van der Waals surface area contributed by atoms with E-state index < -0.39 is 15.7 Å². The number of carbonyl (C=O) groups is 1. The normalized spacial score (nSPS) is 11.0. The Bertz CT molecular complexity index is 784. The van der Waals surface area contributed by atoms with Gasteiger partial charge in [-0.1, -0.05) is 18.2 Å². The van der Waals surface area contributed by atoms with Crippen molar-refractivity contribution < 1.29 is 17.9 Å². The first-order valence-corrected chi connectivity index (χ1v) is 8.64. The molecule has 0 atom stereocenters. The third-order valence-corrected chi connectivity index (χ3v) is 4.09. The summed E-state index contributed by atoms with van der Waals surface area (Å²) in [5, 5.41) is 2.69. The van der Waals surface area contributed by atoms with Crippen molar-refractivity contribution in [3.05, 3.63) is 54.1 Å². The summed E-state index contributed by atoms with van der Waals surface area (Å²) < 4.78 is 28.9. The van der Waals surface area contributed by atoms with Gasteiger partial charge in [0.05, 0.1) is 17.1 Å². The van der Waals surface area contributed by atoms with Crippen LogP contribution in [0.4, 0.5) is 5.69 Å². The monoisotopic (exact) mass is 319 g/mol. The Morgan fingerprint density at radius 2 is 1.86 bits per heavy atom. The fourth-order valence-electron chi connectivity index (χ4n) is 2.01. The lowest BCUT2D eigenvalue weighted by Crippen LogP contribution is -2.16. The Labute approximate surface area is 129 Å². The molecule has 0 spiro atoms. The first kappa shape index (κ1) is 16.0. The van der Waals surface area contributed by atoms with Crippen molar-refractivity contribution in [3.8, 4) is 5.75 Å². The van der Waals surface area contributed by atoms with Crippen LogP contribution in [0, 0.1) is 0 Å². The zero-order chi connectivity index (χ0) is 16.2. The van der Waals surface area contributed by atoms with Crippen molar-refractivity contribution in [1.29, 1.82) is 0 Å². The second-order valence-electron chi connectivity index (χ2n) is 4.68. The van der Waals surface area contributed by atoms with E-state index >= 15 is 0 Å². The van der Waals surface area contributed by atoms with Crippen LogP contribution in [0.15, 0.2) is 53.4 Å². The third-order valence-electron chi connectivity index (χ3n) is 2.93. The summed E-state index contributed by atoms with van der Waals surface area (Å²) >= 11 is 0. The maximum Gasteiger partial charge on any atom is 0.256 e. The molecule has 1 N–H and O–H groups in total. The number of benzene rings is 2. The average molecular weight is 319 g/mol. The summed E-state index contributed by atoms with van der Waals surface area (Å²) in [7, 11) is -3.47. The Morgan fingerprint density at radius 1 is 1.14 bits per heavy atom. The number of hydrogen-bond acceptors (Lipinski definition) is 4. The van der Waals surface area contributed by atoms with E-state index in [-0.39, 0.29) is 10.5 Å². The maximum absolute atomic E-state index is 12.3. The smallest absolute Gasteiger partial charge is 0.256 e. The zero-order valence-electron chi connectivity index (χ0n) is 12.4. The number of amides is 1. The molecule has 22 heavy (non-hydrogen) atoms. The highest BCUT2D eigenvalue weighted by molar-refractivity contribution is 7.90. The second-order valence-corrected chi connectivity index (χ2v) is 6.67. The van der Waals surface area contributed by atoms with Crippen LogP contribution in [0.3, 0.4) is 0 Å². The van der Waals surface area contributed by atoms with Gasteiger partial charge in [0.25, 0.3) is 5.91 Å². The van der Waals surface area contributed by atoms with Gasteiger partial charge in [-0.15, -0.1) is 0 Å². The molecule has 0 radical (unpaired) electrons. The summed E-state index contributed by atoms with van der Waals surface area (Å²) in [5.74, 6) is 0.159. The van der Waals surface area contributed by atoms with Gasteiger partial charge in [-0.05, 0) is 31.2 Å². The molecule has 2 aromatic rings. The number of sulfone groups is 1. The second kappa shape index (κ2) is 6.62. The van der Waals surface area contributed by atoms with Crippen LogP contribution in [-0.2, 0) is 9.84 Å². The van der Waals surface area contributed by atoms with Crippen LogP contribution < -0.4 is 10.1 Å². The molecule has 0 aliphatic heterocycles. The number of nitrogens with one attached hydrogen (secondary N) is 1. The quantitative estimate of drug-likeness (QED) is 0.920. The number of carbonyl (C=O) groups excluding carboxylic acids is 1. The van der Waals surface area contributed by atoms with Gasteiger partial charge in [0.2, 0.25) is 0 Å². The molecule has 0 aliphatic carbocycles. The van der Waals surface area contributed by atoms with E-state index in [4.69, 9.17) is 4.74 Å². The Balaban J connectivity index is 2.29. The van der Waals surface area contributed by atoms with Crippen molar-refractivity contribution in [3.63, 3.8) is 0 Å². The van der Waals surface area contributed by atoms with Crippen LogP contribution in [0.2, 0.25) is 0 Å². The molecule has 0 unspecified atom stereocenters. The largest absolute Gasteiger partial charge is 0.494 e. The maximum atomic E-state index is 12.3. The number of ether oxygens (including phenoxy) is 1.